The molecule has 7 nitrogen and oxygen atoms in total. The molecule has 1 saturated heterocycles. The van der Waals surface area contributed by atoms with E-state index in [4.69, 9.17) is 4.74 Å². The van der Waals surface area contributed by atoms with Crippen LogP contribution in [0, 0.1) is 0 Å². The van der Waals surface area contributed by atoms with Gasteiger partial charge in [0.2, 0.25) is 10.0 Å². The minimum Gasteiger partial charge on any atom is -0.457 e. The van der Waals surface area contributed by atoms with Crippen LogP contribution in [0.15, 0.2) is 53.4 Å². The van der Waals surface area contributed by atoms with Crippen molar-refractivity contribution < 1.29 is 22.7 Å². The Balaban J connectivity index is 1.63. The normalized spacial score (nSPS) is 14.2. The van der Waals surface area contributed by atoms with Crippen LogP contribution in [0.5, 0.6) is 0 Å². The van der Waals surface area contributed by atoms with Gasteiger partial charge in [0.1, 0.15) is 6.61 Å². The molecule has 3 rings (SSSR count). The average Bonchev–Trinajstić information content (AvgIpc) is 3.26. The number of ether oxygens (including phenoxy) is 1. The summed E-state index contributed by atoms with van der Waals surface area (Å²) in [6, 6.07) is 12.7. The molecule has 29 heavy (non-hydrogen) atoms. The number of carbonyl (C=O) groups is 2. The Bertz CT molecular complexity index is 994. The second-order valence-electron chi connectivity index (χ2n) is 7.09. The maximum Gasteiger partial charge on any atom is 0.338 e. The van der Waals surface area contributed by atoms with E-state index in [1.807, 2.05) is 4.90 Å². The topological polar surface area (TPSA) is 84.0 Å². The summed E-state index contributed by atoms with van der Waals surface area (Å²) >= 11 is 0. The lowest BCUT2D eigenvalue weighted by Crippen LogP contribution is -2.27. The van der Waals surface area contributed by atoms with E-state index in [0.717, 1.165) is 35.8 Å². The number of likely N-dealkylation sites (tertiary alicyclic amines) is 1. The van der Waals surface area contributed by atoms with Crippen LogP contribution < -0.4 is 0 Å². The second-order valence-corrected chi connectivity index (χ2v) is 9.24. The van der Waals surface area contributed by atoms with Crippen LogP contribution in [0.3, 0.4) is 0 Å². The fraction of sp³-hybridized carbons (Fsp3) is 0.333. The van der Waals surface area contributed by atoms with Gasteiger partial charge in [0.15, 0.2) is 0 Å². The van der Waals surface area contributed by atoms with E-state index >= 15 is 0 Å². The van der Waals surface area contributed by atoms with Crippen LogP contribution in [0.25, 0.3) is 0 Å². The Morgan fingerprint density at radius 3 is 2.28 bits per heavy atom. The predicted molar refractivity (Wildman–Crippen MR) is 108 cm³/mol. The van der Waals surface area contributed by atoms with E-state index in [1.165, 1.54) is 38.4 Å². The van der Waals surface area contributed by atoms with Crippen molar-refractivity contribution >= 4 is 21.9 Å². The summed E-state index contributed by atoms with van der Waals surface area (Å²) in [7, 11) is -0.772. The molecule has 1 heterocycles. The number of hydrogen-bond donors (Lipinski definition) is 0. The van der Waals surface area contributed by atoms with Crippen molar-refractivity contribution in [2.24, 2.45) is 0 Å². The maximum absolute atomic E-state index is 12.4. The van der Waals surface area contributed by atoms with Crippen molar-refractivity contribution in [2.75, 3.05) is 27.2 Å². The molecule has 2 aromatic rings. The van der Waals surface area contributed by atoms with Crippen molar-refractivity contribution in [3.05, 3.63) is 65.2 Å². The van der Waals surface area contributed by atoms with Gasteiger partial charge in [-0.25, -0.2) is 17.5 Å². The third-order valence-electron chi connectivity index (χ3n) is 4.81. The van der Waals surface area contributed by atoms with Crippen LogP contribution in [-0.4, -0.2) is 56.7 Å². The van der Waals surface area contributed by atoms with Crippen LogP contribution in [0.4, 0.5) is 0 Å². The molecule has 8 heteroatoms. The number of hydrogen-bond acceptors (Lipinski definition) is 5. The van der Waals surface area contributed by atoms with Gasteiger partial charge >= 0.3 is 5.97 Å². The maximum atomic E-state index is 12.4. The molecular formula is C21H24N2O5S. The smallest absolute Gasteiger partial charge is 0.338 e. The molecule has 0 unspecified atom stereocenters. The van der Waals surface area contributed by atoms with Gasteiger partial charge in [-0.3, -0.25) is 4.79 Å². The first kappa shape index (κ1) is 21.0. The van der Waals surface area contributed by atoms with Gasteiger partial charge in [0, 0.05) is 32.7 Å². The average molecular weight is 416 g/mol. The van der Waals surface area contributed by atoms with Gasteiger partial charge in [-0.15, -0.1) is 0 Å². The molecule has 0 saturated carbocycles. The van der Waals surface area contributed by atoms with Crippen LogP contribution >= 0.6 is 0 Å². The third-order valence-corrected chi connectivity index (χ3v) is 6.62. The standard InChI is InChI=1S/C21H24N2O5S/c1-22(2)29(26,27)19-7-5-6-18(14-19)21(25)28-15-16-8-10-17(11-9-16)20(24)23-12-3-4-13-23/h5-11,14H,3-4,12-13,15H2,1-2H3. The predicted octanol–water partition coefficient (Wildman–Crippen LogP) is 2.53. The Kier molecular flexibility index (Phi) is 6.34. The van der Waals surface area contributed by atoms with Gasteiger partial charge < -0.3 is 9.64 Å². The van der Waals surface area contributed by atoms with Gasteiger partial charge in [0.05, 0.1) is 10.5 Å². The van der Waals surface area contributed by atoms with E-state index in [0.29, 0.717) is 5.56 Å². The summed E-state index contributed by atoms with van der Waals surface area (Å²) < 4.78 is 30.8. The first-order chi connectivity index (χ1) is 13.8. The molecule has 0 N–H and O–H groups in total. The third kappa shape index (κ3) is 4.83. The quantitative estimate of drug-likeness (QED) is 0.676. The summed E-state index contributed by atoms with van der Waals surface area (Å²) in [5.41, 5.74) is 1.52. The first-order valence-electron chi connectivity index (χ1n) is 9.37. The van der Waals surface area contributed by atoms with Gasteiger partial charge in [-0.1, -0.05) is 18.2 Å². The summed E-state index contributed by atoms with van der Waals surface area (Å²) in [5.74, 6) is -0.594. The Morgan fingerprint density at radius 2 is 1.66 bits per heavy atom. The number of rotatable bonds is 6. The Hall–Kier alpha value is -2.71. The molecule has 0 bridgehead atoms. The lowest BCUT2D eigenvalue weighted by Gasteiger charge is -2.15. The minimum atomic E-state index is -3.63. The summed E-state index contributed by atoms with van der Waals surface area (Å²) in [6.45, 7) is 1.61. The number of benzene rings is 2. The molecule has 1 fully saturated rings. The van der Waals surface area contributed by atoms with E-state index in [1.54, 1.807) is 24.3 Å². The highest BCUT2D eigenvalue weighted by atomic mass is 32.2. The fourth-order valence-corrected chi connectivity index (χ4v) is 4.02. The molecule has 0 aromatic heterocycles. The summed E-state index contributed by atoms with van der Waals surface area (Å²) in [6.07, 6.45) is 2.08. The summed E-state index contributed by atoms with van der Waals surface area (Å²) in [4.78, 5) is 26.5. The number of sulfonamides is 1. The molecule has 154 valence electrons. The van der Waals surface area contributed by atoms with Crippen molar-refractivity contribution in [3.63, 3.8) is 0 Å². The largest absolute Gasteiger partial charge is 0.457 e. The number of carbonyl (C=O) groups excluding carboxylic acids is 2. The van der Waals surface area contributed by atoms with Crippen molar-refractivity contribution in [1.29, 1.82) is 0 Å². The van der Waals surface area contributed by atoms with Gasteiger partial charge in [0.25, 0.3) is 5.91 Å². The Labute approximate surface area is 170 Å². The minimum absolute atomic E-state index is 0.0185. The number of esters is 1. The number of nitrogens with zero attached hydrogens (tertiary/aromatic N) is 2. The molecule has 0 radical (unpaired) electrons. The number of amides is 1. The van der Waals surface area contributed by atoms with Crippen LogP contribution in [-0.2, 0) is 21.4 Å². The van der Waals surface area contributed by atoms with E-state index in [-0.39, 0.29) is 23.0 Å². The van der Waals surface area contributed by atoms with E-state index in [9.17, 15) is 18.0 Å². The molecule has 0 spiro atoms. The molecule has 0 atom stereocenters. The fourth-order valence-electron chi connectivity index (χ4n) is 3.07. The van der Waals surface area contributed by atoms with Gasteiger partial charge in [-0.2, -0.15) is 0 Å². The van der Waals surface area contributed by atoms with Crippen LogP contribution in [0.1, 0.15) is 39.1 Å². The first-order valence-corrected chi connectivity index (χ1v) is 10.8. The zero-order valence-corrected chi connectivity index (χ0v) is 17.3. The van der Waals surface area contributed by atoms with Crippen molar-refractivity contribution in [3.8, 4) is 0 Å². The van der Waals surface area contributed by atoms with Gasteiger partial charge in [-0.05, 0) is 48.7 Å². The molecule has 1 aliphatic rings. The SMILES string of the molecule is CN(C)S(=O)(=O)c1cccc(C(=O)OCc2ccc(C(=O)N3CCCC3)cc2)c1. The lowest BCUT2D eigenvalue weighted by atomic mass is 10.1. The van der Waals surface area contributed by atoms with E-state index < -0.39 is 16.0 Å². The molecule has 0 aliphatic carbocycles. The highest BCUT2D eigenvalue weighted by Gasteiger charge is 2.20. The Morgan fingerprint density at radius 1 is 1.00 bits per heavy atom. The molecular weight excluding hydrogens is 392 g/mol. The van der Waals surface area contributed by atoms with E-state index in [2.05, 4.69) is 0 Å². The zero-order chi connectivity index (χ0) is 21.0. The molecule has 2 aromatic carbocycles. The summed E-state index contributed by atoms with van der Waals surface area (Å²) in [5, 5.41) is 0. The lowest BCUT2D eigenvalue weighted by molar-refractivity contribution is 0.0472. The highest BCUT2D eigenvalue weighted by Crippen LogP contribution is 2.17. The van der Waals surface area contributed by atoms with Crippen LogP contribution in [0.2, 0.25) is 0 Å². The highest BCUT2D eigenvalue weighted by molar-refractivity contribution is 7.89. The van der Waals surface area contributed by atoms with Crippen molar-refractivity contribution in [2.45, 2.75) is 24.3 Å². The monoisotopic (exact) mass is 416 g/mol. The second kappa shape index (κ2) is 8.75. The molecule has 1 amide bonds. The van der Waals surface area contributed by atoms with Crippen molar-refractivity contribution in [1.82, 2.24) is 9.21 Å². The molecule has 1 aliphatic heterocycles. The zero-order valence-electron chi connectivity index (χ0n) is 16.5.